The van der Waals surface area contributed by atoms with Crippen LogP contribution in [-0.4, -0.2) is 24.6 Å². The zero-order chi connectivity index (χ0) is 13.4. The highest BCUT2D eigenvalue weighted by Gasteiger charge is 2.14. The molecule has 0 radical (unpaired) electrons. The largest absolute Gasteiger partial charge is 0.437 e. The fourth-order valence-electron chi connectivity index (χ4n) is 1.55. The van der Waals surface area contributed by atoms with Crippen molar-refractivity contribution < 1.29 is 4.74 Å². The van der Waals surface area contributed by atoms with Crippen LogP contribution in [0.5, 0.6) is 11.6 Å². The van der Waals surface area contributed by atoms with Crippen molar-refractivity contribution in [2.45, 2.75) is 6.92 Å². The van der Waals surface area contributed by atoms with Crippen LogP contribution in [0.2, 0.25) is 5.15 Å². The van der Waals surface area contributed by atoms with Gasteiger partial charge in [-0.15, -0.1) is 0 Å². The van der Waals surface area contributed by atoms with Crippen LogP contribution in [0.4, 0.5) is 0 Å². The summed E-state index contributed by atoms with van der Waals surface area (Å²) in [5.74, 6) is 1.41. The number of fused-ring (bicyclic) bond motifs is 1. The van der Waals surface area contributed by atoms with Gasteiger partial charge in [0.05, 0.1) is 6.20 Å². The molecule has 0 bridgehead atoms. The Morgan fingerprint density at radius 1 is 1.37 bits per heavy atom. The zero-order valence-electron chi connectivity index (χ0n) is 9.71. The van der Waals surface area contributed by atoms with Crippen LogP contribution in [0.1, 0.15) is 5.56 Å². The van der Waals surface area contributed by atoms with E-state index in [4.69, 9.17) is 16.3 Å². The van der Waals surface area contributed by atoms with E-state index in [0.717, 1.165) is 4.47 Å². The van der Waals surface area contributed by atoms with Crippen LogP contribution >= 0.6 is 27.5 Å². The highest BCUT2D eigenvalue weighted by molar-refractivity contribution is 9.10. The molecule has 8 heteroatoms. The highest BCUT2D eigenvalue weighted by atomic mass is 79.9. The van der Waals surface area contributed by atoms with E-state index in [1.165, 1.54) is 10.8 Å². The van der Waals surface area contributed by atoms with E-state index in [1.54, 1.807) is 25.4 Å². The van der Waals surface area contributed by atoms with E-state index in [1.807, 2.05) is 0 Å². The van der Waals surface area contributed by atoms with E-state index < -0.39 is 0 Å². The zero-order valence-corrected chi connectivity index (χ0v) is 12.1. The number of ether oxygens (including phenoxy) is 1. The van der Waals surface area contributed by atoms with Gasteiger partial charge in [0, 0.05) is 16.2 Å². The molecule has 0 aliphatic carbocycles. The second-order valence-corrected chi connectivity index (χ2v) is 5.02. The lowest BCUT2D eigenvalue weighted by molar-refractivity contribution is 0.439. The van der Waals surface area contributed by atoms with Gasteiger partial charge in [-0.2, -0.15) is 19.6 Å². The van der Waals surface area contributed by atoms with E-state index in [2.05, 4.69) is 36.0 Å². The van der Waals surface area contributed by atoms with E-state index >= 15 is 0 Å². The van der Waals surface area contributed by atoms with E-state index in [0.29, 0.717) is 28.1 Å². The molecule has 3 aromatic heterocycles. The molecule has 0 unspecified atom stereocenters. The van der Waals surface area contributed by atoms with E-state index in [9.17, 15) is 0 Å². The maximum atomic E-state index is 6.05. The molecule has 0 spiro atoms. The normalized spacial score (nSPS) is 10.9. The summed E-state index contributed by atoms with van der Waals surface area (Å²) >= 11 is 9.39. The fourth-order valence-corrected chi connectivity index (χ4v) is 2.05. The van der Waals surface area contributed by atoms with Gasteiger partial charge in [-0.3, -0.25) is 4.98 Å². The molecule has 0 saturated carbocycles. The van der Waals surface area contributed by atoms with Crippen molar-refractivity contribution in [3.05, 3.63) is 40.0 Å². The standard InChI is InChI=1S/C11H7BrClN5O/c1-6-9(13)17-11-15-5-16-18(11)10(6)19-8-2-7(12)3-14-4-8/h2-5H,1H3. The third-order valence-corrected chi connectivity index (χ3v) is 3.25. The lowest BCUT2D eigenvalue weighted by atomic mass is 10.3. The average Bonchev–Trinajstić information content (AvgIpc) is 2.83. The molecule has 19 heavy (non-hydrogen) atoms. The minimum Gasteiger partial charge on any atom is -0.437 e. The second-order valence-electron chi connectivity index (χ2n) is 3.75. The SMILES string of the molecule is Cc1c(Cl)nc2ncnn2c1Oc1cncc(Br)c1. The van der Waals surface area contributed by atoms with E-state index in [-0.39, 0.29) is 0 Å². The number of hydrogen-bond donors (Lipinski definition) is 0. The minimum absolute atomic E-state index is 0.332. The molecule has 0 amide bonds. The molecule has 3 aromatic rings. The highest BCUT2D eigenvalue weighted by Crippen LogP contribution is 2.29. The molecule has 3 rings (SSSR count). The molecule has 0 aliphatic heterocycles. The van der Waals surface area contributed by atoms with Gasteiger partial charge in [0.1, 0.15) is 17.2 Å². The molecule has 3 heterocycles. The summed E-state index contributed by atoms with van der Waals surface area (Å²) in [6.07, 6.45) is 4.66. The maximum absolute atomic E-state index is 6.05. The Hall–Kier alpha value is -1.73. The molecule has 96 valence electrons. The Bertz CT molecular complexity index is 760. The van der Waals surface area contributed by atoms with Gasteiger partial charge in [0.2, 0.25) is 5.88 Å². The summed E-state index contributed by atoms with van der Waals surface area (Å²) in [7, 11) is 0. The van der Waals surface area contributed by atoms with Crippen molar-refractivity contribution in [2.75, 3.05) is 0 Å². The minimum atomic E-state index is 0.332. The summed E-state index contributed by atoms with van der Waals surface area (Å²) < 4.78 is 8.09. The number of aromatic nitrogens is 5. The monoisotopic (exact) mass is 339 g/mol. The molecule has 6 nitrogen and oxygen atoms in total. The van der Waals surface area contributed by atoms with Gasteiger partial charge in [-0.05, 0) is 28.9 Å². The summed E-state index contributed by atoms with van der Waals surface area (Å²) in [4.78, 5) is 12.1. The Labute approximate surface area is 121 Å². The third-order valence-electron chi connectivity index (χ3n) is 2.44. The first-order valence-corrected chi connectivity index (χ1v) is 6.46. The van der Waals surface area contributed by atoms with Crippen LogP contribution in [0.3, 0.4) is 0 Å². The van der Waals surface area contributed by atoms with Gasteiger partial charge < -0.3 is 4.74 Å². The van der Waals surface area contributed by atoms with Crippen LogP contribution in [0.25, 0.3) is 5.78 Å². The Kier molecular flexibility index (Phi) is 3.08. The molecule has 0 atom stereocenters. The lowest BCUT2D eigenvalue weighted by Gasteiger charge is -2.10. The Balaban J connectivity index is 2.14. The van der Waals surface area contributed by atoms with Crippen molar-refractivity contribution in [3.63, 3.8) is 0 Å². The molecule has 0 N–H and O–H groups in total. The summed E-state index contributed by atoms with van der Waals surface area (Å²) in [5, 5.41) is 4.40. The smallest absolute Gasteiger partial charge is 0.256 e. The predicted molar refractivity (Wildman–Crippen MR) is 72.5 cm³/mol. The lowest BCUT2D eigenvalue weighted by Crippen LogP contribution is -2.01. The number of hydrogen-bond acceptors (Lipinski definition) is 5. The summed E-state index contributed by atoms with van der Waals surface area (Å²) in [6.45, 7) is 1.80. The molecule has 0 fully saturated rings. The van der Waals surface area contributed by atoms with Gasteiger partial charge in [-0.25, -0.2) is 0 Å². The predicted octanol–water partition coefficient (Wildman–Crippen LogP) is 3.04. The average molecular weight is 341 g/mol. The second kappa shape index (κ2) is 4.75. The van der Waals surface area contributed by atoms with Crippen molar-refractivity contribution >= 4 is 33.3 Å². The van der Waals surface area contributed by atoms with Gasteiger partial charge in [0.15, 0.2) is 0 Å². The van der Waals surface area contributed by atoms with Crippen molar-refractivity contribution in [3.8, 4) is 11.6 Å². The van der Waals surface area contributed by atoms with Crippen LogP contribution in [-0.2, 0) is 0 Å². The molecule has 0 aliphatic rings. The molecular formula is C11H7BrClN5O. The number of nitrogens with zero attached hydrogens (tertiary/aromatic N) is 5. The number of halogens is 2. The van der Waals surface area contributed by atoms with Gasteiger partial charge in [0.25, 0.3) is 5.78 Å². The van der Waals surface area contributed by atoms with Crippen molar-refractivity contribution in [1.82, 2.24) is 24.6 Å². The Morgan fingerprint density at radius 2 is 2.21 bits per heavy atom. The topological polar surface area (TPSA) is 65.2 Å². The van der Waals surface area contributed by atoms with Gasteiger partial charge in [-0.1, -0.05) is 11.6 Å². The van der Waals surface area contributed by atoms with Crippen LogP contribution in [0.15, 0.2) is 29.3 Å². The van der Waals surface area contributed by atoms with Gasteiger partial charge >= 0.3 is 0 Å². The third kappa shape index (κ3) is 2.26. The van der Waals surface area contributed by atoms with Crippen molar-refractivity contribution in [2.24, 2.45) is 0 Å². The Morgan fingerprint density at radius 3 is 3.00 bits per heavy atom. The first kappa shape index (κ1) is 12.3. The number of rotatable bonds is 2. The summed E-state index contributed by atoms with van der Waals surface area (Å²) in [6, 6.07) is 1.80. The van der Waals surface area contributed by atoms with Crippen molar-refractivity contribution in [1.29, 1.82) is 0 Å². The molecular weight excluding hydrogens is 334 g/mol. The quantitative estimate of drug-likeness (QED) is 0.671. The molecule has 0 aromatic carbocycles. The fraction of sp³-hybridized carbons (Fsp3) is 0.0909. The molecule has 0 saturated heterocycles. The first-order chi connectivity index (χ1) is 9.15. The maximum Gasteiger partial charge on any atom is 0.256 e. The van der Waals surface area contributed by atoms with Crippen LogP contribution in [0, 0.1) is 6.92 Å². The number of pyridine rings is 1. The van der Waals surface area contributed by atoms with Crippen LogP contribution < -0.4 is 4.74 Å². The first-order valence-electron chi connectivity index (χ1n) is 5.29. The summed E-state index contributed by atoms with van der Waals surface area (Å²) in [5.41, 5.74) is 0.680.